The molecule has 0 bridgehead atoms. The van der Waals surface area contributed by atoms with Crippen LogP contribution in [0, 0.1) is 6.92 Å². The van der Waals surface area contributed by atoms with Crippen molar-refractivity contribution < 1.29 is 14.3 Å². The van der Waals surface area contributed by atoms with Crippen LogP contribution in [-0.2, 0) is 7.05 Å². The zero-order valence-corrected chi connectivity index (χ0v) is 10.7. The first-order chi connectivity index (χ1) is 9.13. The number of nitrogens with zero attached hydrogens (tertiary/aromatic N) is 1. The summed E-state index contributed by atoms with van der Waals surface area (Å²) in [7, 11) is 1.65. The zero-order valence-electron chi connectivity index (χ0n) is 10.7. The van der Waals surface area contributed by atoms with Gasteiger partial charge in [-0.2, -0.15) is 0 Å². The molecule has 3 rings (SSSR count). The molecule has 0 aliphatic carbocycles. The topological polar surface area (TPSA) is 57.5 Å². The van der Waals surface area contributed by atoms with E-state index in [0.29, 0.717) is 36.6 Å². The highest BCUT2D eigenvalue weighted by Gasteiger charge is 2.17. The van der Waals surface area contributed by atoms with E-state index in [4.69, 9.17) is 9.47 Å². The number of carbonyl (C=O) groups is 1. The summed E-state index contributed by atoms with van der Waals surface area (Å²) in [5.41, 5.74) is 1.30. The van der Waals surface area contributed by atoms with Crippen molar-refractivity contribution in [3.05, 3.63) is 33.6 Å². The number of aryl methyl sites for hydroxylation is 2. The second-order valence-corrected chi connectivity index (χ2v) is 4.53. The molecule has 0 N–H and O–H groups in total. The van der Waals surface area contributed by atoms with Gasteiger partial charge in [0, 0.05) is 18.5 Å². The lowest BCUT2D eigenvalue weighted by Gasteiger charge is -2.20. The van der Waals surface area contributed by atoms with Crippen molar-refractivity contribution in [3.63, 3.8) is 0 Å². The van der Waals surface area contributed by atoms with Crippen LogP contribution in [0.25, 0.3) is 10.9 Å². The Hall–Kier alpha value is -2.30. The molecule has 19 heavy (non-hydrogen) atoms. The maximum Gasteiger partial charge on any atom is 0.261 e. The van der Waals surface area contributed by atoms with Gasteiger partial charge in [-0.3, -0.25) is 9.59 Å². The molecule has 0 atom stereocenters. The molecule has 0 saturated heterocycles. The van der Waals surface area contributed by atoms with Gasteiger partial charge >= 0.3 is 0 Å². The third-order valence-corrected chi connectivity index (χ3v) is 3.48. The SMILES string of the molecule is Cc1c(C=O)c(=O)n(C)c2cc3c(cc12)OCCO3. The molecule has 1 aliphatic rings. The Morgan fingerprint density at radius 1 is 1.21 bits per heavy atom. The van der Waals surface area contributed by atoms with Crippen LogP contribution in [0.5, 0.6) is 11.5 Å². The van der Waals surface area contributed by atoms with Crippen LogP contribution < -0.4 is 15.0 Å². The number of rotatable bonds is 1. The maximum atomic E-state index is 12.1. The Balaban J connectivity index is 2.45. The summed E-state index contributed by atoms with van der Waals surface area (Å²) in [6.07, 6.45) is 0.605. The molecule has 0 fully saturated rings. The first-order valence-corrected chi connectivity index (χ1v) is 6.01. The largest absolute Gasteiger partial charge is 0.486 e. The number of aromatic nitrogens is 1. The third kappa shape index (κ3) is 1.62. The van der Waals surface area contributed by atoms with Crippen molar-refractivity contribution in [1.82, 2.24) is 4.57 Å². The van der Waals surface area contributed by atoms with E-state index >= 15 is 0 Å². The number of pyridine rings is 1. The van der Waals surface area contributed by atoms with E-state index in [9.17, 15) is 9.59 Å². The third-order valence-electron chi connectivity index (χ3n) is 3.48. The first-order valence-electron chi connectivity index (χ1n) is 6.01. The Morgan fingerprint density at radius 3 is 2.47 bits per heavy atom. The van der Waals surface area contributed by atoms with Gasteiger partial charge in [0.2, 0.25) is 0 Å². The Morgan fingerprint density at radius 2 is 1.84 bits per heavy atom. The summed E-state index contributed by atoms with van der Waals surface area (Å²) >= 11 is 0. The summed E-state index contributed by atoms with van der Waals surface area (Å²) in [5.74, 6) is 1.28. The van der Waals surface area contributed by atoms with Crippen LogP contribution in [0.4, 0.5) is 0 Å². The van der Waals surface area contributed by atoms with Crippen LogP contribution in [0.15, 0.2) is 16.9 Å². The molecule has 0 unspecified atom stereocenters. The molecule has 98 valence electrons. The molecule has 1 aromatic heterocycles. The van der Waals surface area contributed by atoms with E-state index in [0.717, 1.165) is 10.9 Å². The van der Waals surface area contributed by atoms with Gasteiger partial charge < -0.3 is 14.0 Å². The molecule has 2 heterocycles. The van der Waals surface area contributed by atoms with Crippen molar-refractivity contribution in [3.8, 4) is 11.5 Å². The number of hydrogen-bond donors (Lipinski definition) is 0. The Labute approximate surface area is 109 Å². The van der Waals surface area contributed by atoms with E-state index in [-0.39, 0.29) is 11.1 Å². The first kappa shape index (κ1) is 11.8. The highest BCUT2D eigenvalue weighted by Crippen LogP contribution is 2.35. The van der Waals surface area contributed by atoms with Gasteiger partial charge in [0.05, 0.1) is 11.1 Å². The second-order valence-electron chi connectivity index (χ2n) is 4.53. The summed E-state index contributed by atoms with van der Waals surface area (Å²) < 4.78 is 12.5. The molecule has 1 aromatic carbocycles. The maximum absolute atomic E-state index is 12.1. The van der Waals surface area contributed by atoms with Gasteiger partial charge in [0.1, 0.15) is 13.2 Å². The van der Waals surface area contributed by atoms with Gasteiger partial charge in [0.25, 0.3) is 5.56 Å². The minimum atomic E-state index is -0.295. The van der Waals surface area contributed by atoms with Crippen molar-refractivity contribution in [2.75, 3.05) is 13.2 Å². The van der Waals surface area contributed by atoms with Crippen molar-refractivity contribution in [2.45, 2.75) is 6.92 Å². The molecule has 0 spiro atoms. The molecule has 2 aromatic rings. The van der Waals surface area contributed by atoms with Crippen LogP contribution in [0.3, 0.4) is 0 Å². The van der Waals surface area contributed by atoms with E-state index in [1.807, 2.05) is 6.07 Å². The van der Waals surface area contributed by atoms with Crippen molar-refractivity contribution >= 4 is 17.2 Å². The van der Waals surface area contributed by atoms with E-state index in [1.165, 1.54) is 4.57 Å². The van der Waals surface area contributed by atoms with Crippen LogP contribution in [-0.4, -0.2) is 24.1 Å². The summed E-state index contributed by atoms with van der Waals surface area (Å²) in [4.78, 5) is 23.1. The molecular weight excluding hydrogens is 246 g/mol. The molecule has 1 aliphatic heterocycles. The molecule has 0 saturated carbocycles. The zero-order chi connectivity index (χ0) is 13.6. The molecular formula is C14H13NO4. The van der Waals surface area contributed by atoms with Gasteiger partial charge in [-0.15, -0.1) is 0 Å². The van der Waals surface area contributed by atoms with E-state index < -0.39 is 0 Å². The number of carbonyl (C=O) groups excluding carboxylic acids is 1. The van der Waals surface area contributed by atoms with Crippen LogP contribution >= 0.6 is 0 Å². The smallest absolute Gasteiger partial charge is 0.261 e. The average Bonchev–Trinajstić information content (AvgIpc) is 2.44. The highest BCUT2D eigenvalue weighted by molar-refractivity contribution is 5.92. The fourth-order valence-corrected chi connectivity index (χ4v) is 2.39. The Bertz CT molecular complexity index is 745. The van der Waals surface area contributed by atoms with Gasteiger partial charge in [-0.25, -0.2) is 0 Å². The number of hydrogen-bond acceptors (Lipinski definition) is 4. The van der Waals surface area contributed by atoms with Gasteiger partial charge in [-0.1, -0.05) is 0 Å². The number of benzene rings is 1. The predicted octanol–water partition coefficient (Wildman–Crippen LogP) is 1.43. The standard InChI is InChI=1S/C14H13NO4/c1-8-9-5-12-13(19-4-3-18-12)6-11(9)15(2)14(17)10(8)7-16/h5-7H,3-4H2,1-2H3. The minimum absolute atomic E-state index is 0.187. The van der Waals surface area contributed by atoms with Crippen molar-refractivity contribution in [1.29, 1.82) is 0 Å². The number of fused-ring (bicyclic) bond motifs is 2. The lowest BCUT2D eigenvalue weighted by molar-refractivity contribution is 0.112. The lowest BCUT2D eigenvalue weighted by atomic mass is 10.0. The molecule has 0 amide bonds. The van der Waals surface area contributed by atoms with E-state index in [2.05, 4.69) is 0 Å². The van der Waals surface area contributed by atoms with Crippen molar-refractivity contribution in [2.24, 2.45) is 7.05 Å². The molecule has 0 radical (unpaired) electrons. The quantitative estimate of drug-likeness (QED) is 0.727. The normalized spacial score (nSPS) is 13.6. The second kappa shape index (κ2) is 4.12. The summed E-state index contributed by atoms with van der Waals surface area (Å²) in [5, 5.41) is 0.827. The fourth-order valence-electron chi connectivity index (χ4n) is 2.39. The fraction of sp³-hybridized carbons (Fsp3) is 0.286. The van der Waals surface area contributed by atoms with E-state index in [1.54, 1.807) is 20.0 Å². The van der Waals surface area contributed by atoms with Crippen LogP contribution in [0.1, 0.15) is 15.9 Å². The number of aldehydes is 1. The van der Waals surface area contributed by atoms with Crippen LogP contribution in [0.2, 0.25) is 0 Å². The summed E-state index contributed by atoms with van der Waals surface area (Å²) in [6, 6.07) is 3.61. The number of ether oxygens (including phenoxy) is 2. The van der Waals surface area contributed by atoms with Gasteiger partial charge in [0.15, 0.2) is 17.8 Å². The average molecular weight is 259 g/mol. The summed E-state index contributed by atoms with van der Waals surface area (Å²) in [6.45, 7) is 2.77. The lowest BCUT2D eigenvalue weighted by Crippen LogP contribution is -2.23. The van der Waals surface area contributed by atoms with Gasteiger partial charge in [-0.05, 0) is 18.6 Å². The molecule has 5 heteroatoms. The molecule has 5 nitrogen and oxygen atoms in total. The predicted molar refractivity (Wildman–Crippen MR) is 70.3 cm³/mol. The minimum Gasteiger partial charge on any atom is -0.486 e. The Kier molecular flexibility index (Phi) is 2.55. The highest BCUT2D eigenvalue weighted by atomic mass is 16.6. The monoisotopic (exact) mass is 259 g/mol.